The van der Waals surface area contributed by atoms with Gasteiger partial charge in [-0.1, -0.05) is 24.3 Å². The van der Waals surface area contributed by atoms with Crippen molar-refractivity contribution in [1.29, 1.82) is 0 Å². The second kappa shape index (κ2) is 14.5. The lowest BCUT2D eigenvalue weighted by molar-refractivity contribution is -0.154. The number of esters is 1. The van der Waals surface area contributed by atoms with Crippen LogP contribution in [0.25, 0.3) is 0 Å². The number of nitrogens with one attached hydrogen (secondary N) is 3. The predicted molar refractivity (Wildman–Crippen MR) is 158 cm³/mol. The maximum atomic E-state index is 12.7. The molecule has 0 spiro atoms. The number of carbonyl (C=O) groups excluding carboxylic acids is 3. The van der Waals surface area contributed by atoms with Gasteiger partial charge in [0.1, 0.15) is 30.0 Å². The third-order valence-electron chi connectivity index (χ3n) is 7.23. The highest BCUT2D eigenvalue weighted by molar-refractivity contribution is 5.92. The number of benzene rings is 1. The topological polar surface area (TPSA) is 149 Å². The van der Waals surface area contributed by atoms with Gasteiger partial charge in [-0.3, -0.25) is 24.2 Å². The van der Waals surface area contributed by atoms with Gasteiger partial charge < -0.3 is 25.8 Å². The molecule has 0 radical (unpaired) electrons. The molecular weight excluding hydrogens is 538 g/mol. The molecule has 2 aliphatic rings. The van der Waals surface area contributed by atoms with Gasteiger partial charge in [0.15, 0.2) is 0 Å². The lowest BCUT2D eigenvalue weighted by Crippen LogP contribution is -2.45. The normalized spacial score (nSPS) is 17.1. The first-order valence-electron chi connectivity index (χ1n) is 14.6. The minimum absolute atomic E-state index is 0.132. The number of aliphatic hydroxyl groups is 1. The average molecular weight is 582 g/mol. The Morgan fingerprint density at radius 1 is 1.05 bits per heavy atom. The van der Waals surface area contributed by atoms with E-state index in [-0.39, 0.29) is 43.2 Å². The van der Waals surface area contributed by atoms with Gasteiger partial charge in [-0.25, -0.2) is 9.97 Å². The van der Waals surface area contributed by atoms with Crippen molar-refractivity contribution in [2.24, 2.45) is 0 Å². The van der Waals surface area contributed by atoms with Gasteiger partial charge >= 0.3 is 5.97 Å². The molecular formula is C30H43N7O5. The summed E-state index contributed by atoms with van der Waals surface area (Å²) in [6, 6.07) is 10.1. The zero-order valence-corrected chi connectivity index (χ0v) is 24.8. The van der Waals surface area contributed by atoms with Gasteiger partial charge in [0.25, 0.3) is 5.91 Å². The van der Waals surface area contributed by atoms with E-state index in [1.165, 1.54) is 17.5 Å². The summed E-state index contributed by atoms with van der Waals surface area (Å²) >= 11 is 0. The molecule has 2 aliphatic heterocycles. The van der Waals surface area contributed by atoms with E-state index in [4.69, 9.17) is 4.74 Å². The van der Waals surface area contributed by atoms with E-state index in [2.05, 4.69) is 49.0 Å². The summed E-state index contributed by atoms with van der Waals surface area (Å²) in [5.41, 5.74) is 2.28. The smallest absolute Gasteiger partial charge is 0.325 e. The Morgan fingerprint density at radius 3 is 2.52 bits per heavy atom. The number of carbonyl (C=O) groups is 3. The van der Waals surface area contributed by atoms with Gasteiger partial charge in [-0.05, 0) is 51.2 Å². The van der Waals surface area contributed by atoms with Crippen LogP contribution in [0.2, 0.25) is 0 Å². The lowest BCUT2D eigenvalue weighted by Gasteiger charge is -2.32. The molecule has 0 unspecified atom stereocenters. The Morgan fingerprint density at radius 2 is 1.79 bits per heavy atom. The van der Waals surface area contributed by atoms with Gasteiger partial charge in [0.2, 0.25) is 5.91 Å². The van der Waals surface area contributed by atoms with Crippen molar-refractivity contribution in [1.82, 2.24) is 30.4 Å². The molecule has 1 aromatic carbocycles. The Bertz CT molecular complexity index is 1230. The molecule has 228 valence electrons. The van der Waals surface area contributed by atoms with Crippen LogP contribution in [-0.2, 0) is 27.3 Å². The molecule has 0 bridgehead atoms. The molecule has 12 heteroatoms. The SMILES string of the molecule is CC(C)(C)OC(=O)CNC(=O)CN1CCC(Nc2cc(C(=O)NC[C@H](O)CN3CCc4ccccc4C3)ncn2)CC1. The van der Waals surface area contributed by atoms with E-state index in [1.54, 1.807) is 26.8 Å². The molecule has 1 aromatic heterocycles. The largest absolute Gasteiger partial charge is 0.459 e. The second-order valence-corrected chi connectivity index (χ2v) is 12.0. The van der Waals surface area contributed by atoms with Crippen molar-refractivity contribution in [2.75, 3.05) is 51.1 Å². The molecule has 1 atom stereocenters. The monoisotopic (exact) mass is 581 g/mol. The fourth-order valence-electron chi connectivity index (χ4n) is 5.19. The summed E-state index contributed by atoms with van der Waals surface area (Å²) < 4.78 is 5.21. The number of ether oxygens (including phenoxy) is 1. The summed E-state index contributed by atoms with van der Waals surface area (Å²) in [6.07, 6.45) is 3.19. The molecule has 4 N–H and O–H groups in total. The number of piperidine rings is 1. The van der Waals surface area contributed by atoms with Crippen LogP contribution in [0, 0.1) is 0 Å². The zero-order chi connectivity index (χ0) is 30.1. The molecule has 1 fully saturated rings. The van der Waals surface area contributed by atoms with Crippen molar-refractivity contribution in [2.45, 2.75) is 64.3 Å². The highest BCUT2D eigenvalue weighted by atomic mass is 16.6. The van der Waals surface area contributed by atoms with Crippen LogP contribution in [-0.4, -0.2) is 106 Å². The van der Waals surface area contributed by atoms with Crippen molar-refractivity contribution in [3.63, 3.8) is 0 Å². The van der Waals surface area contributed by atoms with Crippen LogP contribution >= 0.6 is 0 Å². The first-order valence-corrected chi connectivity index (χ1v) is 14.6. The predicted octanol–water partition coefficient (Wildman–Crippen LogP) is 0.960. The van der Waals surface area contributed by atoms with Crippen LogP contribution in [0.15, 0.2) is 36.7 Å². The summed E-state index contributed by atoms with van der Waals surface area (Å²) in [7, 11) is 0. The van der Waals surface area contributed by atoms with E-state index in [0.29, 0.717) is 25.5 Å². The number of aromatic nitrogens is 2. The summed E-state index contributed by atoms with van der Waals surface area (Å²) in [5, 5.41) is 19.3. The molecule has 4 rings (SSSR count). The molecule has 12 nitrogen and oxygen atoms in total. The minimum atomic E-state index is -0.691. The van der Waals surface area contributed by atoms with Gasteiger partial charge in [0.05, 0.1) is 12.6 Å². The van der Waals surface area contributed by atoms with E-state index in [1.807, 2.05) is 11.0 Å². The van der Waals surface area contributed by atoms with Gasteiger partial charge in [-0.15, -0.1) is 0 Å². The quantitative estimate of drug-likeness (QED) is 0.283. The lowest BCUT2D eigenvalue weighted by atomic mass is 10.00. The number of β-amino-alcohol motifs (C(OH)–C–C–N with tert-alkyl or cyclic N) is 1. The fraction of sp³-hybridized carbons (Fsp3) is 0.567. The molecule has 0 saturated carbocycles. The first kappa shape index (κ1) is 31.3. The van der Waals surface area contributed by atoms with Crippen molar-refractivity contribution in [3.05, 3.63) is 53.5 Å². The average Bonchev–Trinajstić information content (AvgIpc) is 2.95. The maximum absolute atomic E-state index is 12.7. The van der Waals surface area contributed by atoms with Crippen molar-refractivity contribution in [3.8, 4) is 0 Å². The van der Waals surface area contributed by atoms with Crippen LogP contribution in [0.3, 0.4) is 0 Å². The zero-order valence-electron chi connectivity index (χ0n) is 24.8. The maximum Gasteiger partial charge on any atom is 0.325 e. The van der Waals surface area contributed by atoms with Crippen molar-refractivity contribution >= 4 is 23.6 Å². The number of likely N-dealkylation sites (tertiary alicyclic amines) is 1. The van der Waals surface area contributed by atoms with Crippen LogP contribution in [0.4, 0.5) is 5.82 Å². The number of hydrogen-bond acceptors (Lipinski definition) is 10. The van der Waals surface area contributed by atoms with E-state index in [0.717, 1.165) is 32.4 Å². The number of nitrogens with zero attached hydrogens (tertiary/aromatic N) is 4. The van der Waals surface area contributed by atoms with Gasteiger partial charge in [0, 0.05) is 51.4 Å². The number of anilines is 1. The number of aliphatic hydroxyl groups excluding tert-OH is 1. The van der Waals surface area contributed by atoms with Crippen LogP contribution in [0.5, 0.6) is 0 Å². The third-order valence-corrected chi connectivity index (χ3v) is 7.23. The summed E-state index contributed by atoms with van der Waals surface area (Å²) in [6.45, 7) is 9.11. The summed E-state index contributed by atoms with van der Waals surface area (Å²) in [4.78, 5) is 49.4. The van der Waals surface area contributed by atoms with Crippen LogP contribution in [0.1, 0.15) is 55.2 Å². The van der Waals surface area contributed by atoms with Crippen molar-refractivity contribution < 1.29 is 24.2 Å². The second-order valence-electron chi connectivity index (χ2n) is 12.0. The molecule has 2 aromatic rings. The minimum Gasteiger partial charge on any atom is -0.459 e. The van der Waals surface area contributed by atoms with Gasteiger partial charge in [-0.2, -0.15) is 0 Å². The number of rotatable bonds is 11. The number of hydrogen-bond donors (Lipinski definition) is 4. The Hall–Kier alpha value is -3.61. The highest BCUT2D eigenvalue weighted by Crippen LogP contribution is 2.19. The van der Waals surface area contributed by atoms with E-state index >= 15 is 0 Å². The fourth-order valence-corrected chi connectivity index (χ4v) is 5.19. The number of amides is 2. The Kier molecular flexibility index (Phi) is 10.8. The molecule has 1 saturated heterocycles. The molecule has 2 amide bonds. The highest BCUT2D eigenvalue weighted by Gasteiger charge is 2.23. The molecule has 0 aliphatic carbocycles. The Balaban J connectivity index is 1.15. The van der Waals surface area contributed by atoms with Crippen LogP contribution < -0.4 is 16.0 Å². The first-order chi connectivity index (χ1) is 20.0. The molecule has 42 heavy (non-hydrogen) atoms. The molecule has 3 heterocycles. The Labute approximate surface area is 247 Å². The third kappa shape index (κ3) is 10.0. The summed E-state index contributed by atoms with van der Waals surface area (Å²) in [5.74, 6) is -0.492. The number of fused-ring (bicyclic) bond motifs is 1. The van der Waals surface area contributed by atoms with E-state index < -0.39 is 17.7 Å². The van der Waals surface area contributed by atoms with E-state index in [9.17, 15) is 19.5 Å². The standard InChI is InChI=1S/C30H43N7O5/c1-30(2,3)42-28(40)16-31-27(39)19-36-12-9-23(10-13-36)35-26-14-25(33-20-34-26)29(41)32-15-24(38)18-37-11-8-21-6-4-5-7-22(21)17-37/h4-7,14,20,23-24,38H,8-13,15-19H2,1-3H3,(H,31,39)(H,32,41)(H,33,34,35)/t24-/m0/s1.